The van der Waals surface area contributed by atoms with E-state index in [1.54, 1.807) is 64.6 Å². The average Bonchev–Trinajstić information content (AvgIpc) is 3.05. The third-order valence-corrected chi connectivity index (χ3v) is 8.43. The van der Waals surface area contributed by atoms with Gasteiger partial charge in [0.05, 0.1) is 0 Å². The number of rotatable bonds is 15. The smallest absolute Gasteiger partial charge is 0.408 e. The lowest BCUT2D eigenvalue weighted by Crippen LogP contribution is -2.57. The number of hydrogen-bond donors (Lipinski definition) is 3. The molecule has 0 aliphatic heterocycles. The third-order valence-electron chi connectivity index (χ3n) is 8.43. The van der Waals surface area contributed by atoms with Crippen LogP contribution in [0.25, 0.3) is 0 Å². The van der Waals surface area contributed by atoms with Gasteiger partial charge in [0.15, 0.2) is 0 Å². The maximum Gasteiger partial charge on any atom is 0.408 e. The van der Waals surface area contributed by atoms with Crippen molar-refractivity contribution >= 4 is 23.9 Å². The molecule has 3 N–H and O–H groups in total. The molecule has 53 heavy (non-hydrogen) atoms. The van der Waals surface area contributed by atoms with Gasteiger partial charge in [0, 0.05) is 18.9 Å². The van der Waals surface area contributed by atoms with Gasteiger partial charge in [-0.15, -0.1) is 0 Å². The highest BCUT2D eigenvalue weighted by atomic mass is 16.6. The molecule has 0 bridgehead atoms. The third kappa shape index (κ3) is 14.2. The van der Waals surface area contributed by atoms with Gasteiger partial charge in [-0.2, -0.15) is 0 Å². The van der Waals surface area contributed by atoms with Gasteiger partial charge < -0.3 is 30.1 Å². The molecule has 0 spiro atoms. The Morgan fingerprint density at radius 2 is 1.30 bits per heavy atom. The van der Waals surface area contributed by atoms with Crippen molar-refractivity contribution in [3.8, 4) is 5.75 Å². The predicted octanol–water partition coefficient (Wildman–Crippen LogP) is 7.60. The molecule has 0 aliphatic carbocycles. The van der Waals surface area contributed by atoms with E-state index in [-0.39, 0.29) is 18.6 Å². The summed E-state index contributed by atoms with van der Waals surface area (Å²) in [5.41, 5.74) is 1.29. The zero-order valence-electron chi connectivity index (χ0n) is 33.1. The lowest BCUT2D eigenvalue weighted by molar-refractivity contribution is -0.159. The number of nitrogens with zero attached hydrogens (tertiary/aromatic N) is 1. The normalized spacial score (nSPS) is 14.0. The molecule has 3 aromatic rings. The summed E-state index contributed by atoms with van der Waals surface area (Å²) >= 11 is 0. The summed E-state index contributed by atoms with van der Waals surface area (Å²) < 4.78 is 11.4. The van der Waals surface area contributed by atoms with Crippen molar-refractivity contribution in [1.82, 2.24) is 15.5 Å². The highest BCUT2D eigenvalue weighted by molar-refractivity contribution is 5.94. The molecule has 10 nitrogen and oxygen atoms in total. The lowest BCUT2D eigenvalue weighted by Gasteiger charge is -2.39. The number of esters is 1. The molecule has 0 fully saturated rings. The van der Waals surface area contributed by atoms with Gasteiger partial charge in [-0.3, -0.25) is 9.59 Å². The molecule has 0 aromatic heterocycles. The molecular formula is C43H59N3O7. The molecular weight excluding hydrogens is 670 g/mol. The van der Waals surface area contributed by atoms with E-state index in [4.69, 9.17) is 9.47 Å². The van der Waals surface area contributed by atoms with Crippen molar-refractivity contribution < 1.29 is 33.8 Å². The van der Waals surface area contributed by atoms with Gasteiger partial charge in [0.25, 0.3) is 0 Å². The fraction of sp³-hybridized carbons (Fsp3) is 0.488. The van der Waals surface area contributed by atoms with E-state index in [0.717, 1.165) is 17.5 Å². The fourth-order valence-electron chi connectivity index (χ4n) is 5.96. The Labute approximate surface area is 315 Å². The largest absolute Gasteiger partial charge is 0.508 e. The summed E-state index contributed by atoms with van der Waals surface area (Å²) in [5, 5.41) is 15.7. The molecule has 4 unspecified atom stereocenters. The van der Waals surface area contributed by atoms with Gasteiger partial charge in [0.1, 0.15) is 35.1 Å². The molecule has 0 saturated carbocycles. The van der Waals surface area contributed by atoms with Crippen LogP contribution in [0.5, 0.6) is 5.75 Å². The highest BCUT2D eigenvalue weighted by Gasteiger charge is 2.40. The Morgan fingerprint density at radius 3 is 1.87 bits per heavy atom. The molecule has 3 aromatic carbocycles. The summed E-state index contributed by atoms with van der Waals surface area (Å²) in [6.07, 6.45) is 0.778. The zero-order valence-corrected chi connectivity index (χ0v) is 33.1. The maximum atomic E-state index is 15.1. The van der Waals surface area contributed by atoms with Crippen LogP contribution in [0.2, 0.25) is 0 Å². The molecule has 0 radical (unpaired) electrons. The van der Waals surface area contributed by atoms with E-state index >= 15 is 4.79 Å². The fourth-order valence-corrected chi connectivity index (χ4v) is 5.96. The number of carbonyl (C=O) groups excluding carboxylic acids is 4. The van der Waals surface area contributed by atoms with Crippen LogP contribution >= 0.6 is 0 Å². The first-order valence-corrected chi connectivity index (χ1v) is 18.5. The minimum Gasteiger partial charge on any atom is -0.508 e. The van der Waals surface area contributed by atoms with Crippen molar-refractivity contribution in [2.75, 3.05) is 0 Å². The van der Waals surface area contributed by atoms with E-state index in [0.29, 0.717) is 23.5 Å². The standard InChI is InChI=1S/C43H59N3O7/c1-28(2)19-20-30(4)46(39(49)35(45-41(51)53-43(8,9)10)26-32-21-23-34(47)24-22-32)37(33-18-14-15-29(3)25-33)38(48)44-36(40(50)52-42(5,6)7)27-31-16-12-11-13-17-31/h11-18,21-25,28,30,35-37,47H,19-20,26-27H2,1-10H3,(H,44,48)(H,45,51). The minimum atomic E-state index is -1.19. The van der Waals surface area contributed by atoms with Crippen molar-refractivity contribution in [3.05, 3.63) is 101 Å². The van der Waals surface area contributed by atoms with E-state index in [9.17, 15) is 19.5 Å². The van der Waals surface area contributed by atoms with Gasteiger partial charge >= 0.3 is 12.1 Å². The second kappa shape index (κ2) is 18.8. The summed E-state index contributed by atoms with van der Waals surface area (Å²) in [7, 11) is 0. The van der Waals surface area contributed by atoms with E-state index in [2.05, 4.69) is 24.5 Å². The summed E-state index contributed by atoms with van der Waals surface area (Å²) in [6, 6.07) is 19.3. The van der Waals surface area contributed by atoms with Crippen molar-refractivity contribution in [2.24, 2.45) is 5.92 Å². The Bertz CT molecular complexity index is 1660. The Kier molecular flexibility index (Phi) is 15.1. The predicted molar refractivity (Wildman–Crippen MR) is 207 cm³/mol. The Hall–Kier alpha value is -4.86. The highest BCUT2D eigenvalue weighted by Crippen LogP contribution is 2.29. The Balaban J connectivity index is 2.19. The molecule has 3 amide bonds. The number of carbonyl (C=O) groups is 4. The number of benzene rings is 3. The van der Waals surface area contributed by atoms with Crippen LogP contribution < -0.4 is 10.6 Å². The molecule has 0 saturated heterocycles. The molecule has 4 atom stereocenters. The van der Waals surface area contributed by atoms with Crippen LogP contribution in [-0.4, -0.2) is 63.2 Å². The van der Waals surface area contributed by atoms with Gasteiger partial charge in [0.2, 0.25) is 11.8 Å². The van der Waals surface area contributed by atoms with Crippen LogP contribution in [-0.2, 0) is 36.7 Å². The van der Waals surface area contributed by atoms with Crippen LogP contribution in [0.15, 0.2) is 78.9 Å². The average molecular weight is 730 g/mol. The molecule has 3 rings (SSSR count). The van der Waals surface area contributed by atoms with Crippen LogP contribution in [0.1, 0.15) is 103 Å². The van der Waals surface area contributed by atoms with Crippen molar-refractivity contribution in [2.45, 2.75) is 130 Å². The molecule has 0 aliphatic rings. The Morgan fingerprint density at radius 1 is 0.717 bits per heavy atom. The van der Waals surface area contributed by atoms with Gasteiger partial charge in [-0.25, -0.2) is 9.59 Å². The van der Waals surface area contributed by atoms with E-state index in [1.165, 1.54) is 12.1 Å². The monoisotopic (exact) mass is 729 g/mol. The SMILES string of the molecule is Cc1cccc(C(C(=O)NC(Cc2ccccc2)C(=O)OC(C)(C)C)N(C(=O)C(Cc2ccc(O)cc2)NC(=O)OC(C)(C)C)C(C)CCC(C)C)c1. The summed E-state index contributed by atoms with van der Waals surface area (Å²) in [4.78, 5) is 58.6. The number of phenolic OH excluding ortho intramolecular Hbond substituents is 1. The number of ether oxygens (including phenoxy) is 2. The van der Waals surface area contributed by atoms with Crippen molar-refractivity contribution in [1.29, 1.82) is 0 Å². The number of alkyl carbamates (subject to hydrolysis) is 1. The zero-order chi connectivity index (χ0) is 39.5. The van der Waals surface area contributed by atoms with Gasteiger partial charge in [-0.05, 0) is 103 Å². The number of hydrogen-bond acceptors (Lipinski definition) is 7. The number of aromatic hydroxyl groups is 1. The van der Waals surface area contributed by atoms with Gasteiger partial charge in [-0.1, -0.05) is 86.1 Å². The number of nitrogens with one attached hydrogen (secondary N) is 2. The second-order valence-corrected chi connectivity index (χ2v) is 16.2. The maximum absolute atomic E-state index is 15.1. The minimum absolute atomic E-state index is 0.0580. The number of phenols is 1. The van der Waals surface area contributed by atoms with Crippen LogP contribution in [0.4, 0.5) is 4.79 Å². The van der Waals surface area contributed by atoms with E-state index in [1.807, 2.05) is 62.4 Å². The summed E-state index contributed by atoms with van der Waals surface area (Å²) in [5.74, 6) is -1.28. The van der Waals surface area contributed by atoms with E-state index < -0.39 is 59.2 Å². The summed E-state index contributed by atoms with van der Waals surface area (Å²) in [6.45, 7) is 18.5. The number of amides is 3. The topological polar surface area (TPSA) is 134 Å². The van der Waals surface area contributed by atoms with Crippen LogP contribution in [0.3, 0.4) is 0 Å². The molecule has 0 heterocycles. The second-order valence-electron chi connectivity index (χ2n) is 16.2. The first kappa shape index (κ1) is 42.6. The molecule has 288 valence electrons. The lowest BCUT2D eigenvalue weighted by atomic mass is 9.95. The number of aryl methyl sites for hydroxylation is 1. The van der Waals surface area contributed by atoms with Crippen LogP contribution in [0, 0.1) is 12.8 Å². The first-order chi connectivity index (χ1) is 24.7. The van der Waals surface area contributed by atoms with Crippen molar-refractivity contribution in [3.63, 3.8) is 0 Å². The first-order valence-electron chi connectivity index (χ1n) is 18.5. The quantitative estimate of drug-likeness (QED) is 0.137. The molecule has 10 heteroatoms.